The van der Waals surface area contributed by atoms with E-state index in [-0.39, 0.29) is 12.1 Å². The lowest BCUT2D eigenvalue weighted by Gasteiger charge is -2.35. The van der Waals surface area contributed by atoms with E-state index in [4.69, 9.17) is 25.2 Å². The fourth-order valence-corrected chi connectivity index (χ4v) is 4.95. The van der Waals surface area contributed by atoms with E-state index in [2.05, 4.69) is 24.1 Å². The maximum Gasteiger partial charge on any atom is 0.336 e. The fraction of sp³-hybridized carbons (Fsp3) is 0.871. The number of morpholine rings is 1. The fourth-order valence-electron chi connectivity index (χ4n) is 4.95. The summed E-state index contributed by atoms with van der Waals surface area (Å²) in [6.07, 6.45) is 19.9. The number of rotatable bonds is 24. The first-order valence-corrected chi connectivity index (χ1v) is 16.1. The average Bonchev–Trinajstić information content (AvgIpc) is 2.91. The highest BCUT2D eigenvalue weighted by molar-refractivity contribution is 5.88. The van der Waals surface area contributed by atoms with E-state index in [1.165, 1.54) is 89.9 Å². The van der Waals surface area contributed by atoms with Crippen molar-refractivity contribution in [2.45, 2.75) is 148 Å². The minimum atomic E-state index is -2.74. The first-order chi connectivity index (χ1) is 20.1. The molecule has 42 heavy (non-hydrogen) atoms. The number of carbonyl (C=O) groups excluding carboxylic acids is 1. The third kappa shape index (κ3) is 21.5. The van der Waals surface area contributed by atoms with E-state index in [1.54, 1.807) is 0 Å². The Balaban J connectivity index is 0.00000108. The van der Waals surface area contributed by atoms with Crippen molar-refractivity contribution in [1.29, 1.82) is 0 Å². The first-order valence-electron chi connectivity index (χ1n) is 16.1. The van der Waals surface area contributed by atoms with Crippen LogP contribution in [0.2, 0.25) is 0 Å². The summed E-state index contributed by atoms with van der Waals surface area (Å²) >= 11 is 0. The molecule has 1 unspecified atom stereocenters. The van der Waals surface area contributed by atoms with Gasteiger partial charge in [-0.2, -0.15) is 0 Å². The minimum absolute atomic E-state index is 0.0764. The zero-order valence-electron chi connectivity index (χ0n) is 26.1. The lowest BCUT2D eigenvalue weighted by Crippen LogP contribution is -2.55. The lowest BCUT2D eigenvalue weighted by molar-refractivity contribution is -0.170. The van der Waals surface area contributed by atoms with E-state index in [9.17, 15) is 19.2 Å². The third-order valence-electron chi connectivity index (χ3n) is 7.37. The lowest BCUT2D eigenvalue weighted by atomic mass is 9.96. The summed E-state index contributed by atoms with van der Waals surface area (Å²) < 4.78 is 5.53. The van der Waals surface area contributed by atoms with Crippen LogP contribution >= 0.6 is 0 Å². The van der Waals surface area contributed by atoms with Crippen LogP contribution in [0.4, 0.5) is 0 Å². The van der Waals surface area contributed by atoms with Crippen molar-refractivity contribution in [1.82, 2.24) is 10.2 Å². The molecule has 1 aliphatic rings. The van der Waals surface area contributed by atoms with Crippen LogP contribution in [-0.2, 0) is 23.9 Å². The van der Waals surface area contributed by atoms with Gasteiger partial charge in [-0.3, -0.25) is 19.3 Å². The molecule has 0 bridgehead atoms. The van der Waals surface area contributed by atoms with Gasteiger partial charge in [0, 0.05) is 13.0 Å². The smallest absolute Gasteiger partial charge is 0.336 e. The largest absolute Gasteiger partial charge is 0.481 e. The van der Waals surface area contributed by atoms with Gasteiger partial charge >= 0.3 is 17.9 Å². The van der Waals surface area contributed by atoms with Crippen molar-refractivity contribution in [2.75, 3.05) is 26.3 Å². The van der Waals surface area contributed by atoms with E-state index < -0.39 is 36.4 Å². The zero-order valence-corrected chi connectivity index (χ0v) is 26.1. The average molecular weight is 603 g/mol. The predicted molar refractivity (Wildman–Crippen MR) is 161 cm³/mol. The molecule has 1 saturated heterocycles. The second kappa shape index (κ2) is 25.3. The monoisotopic (exact) mass is 602 g/mol. The second-order valence-corrected chi connectivity index (χ2v) is 11.4. The highest BCUT2D eigenvalue weighted by atomic mass is 16.5. The van der Waals surface area contributed by atoms with Gasteiger partial charge in [-0.25, -0.2) is 4.79 Å². The first kappa shape index (κ1) is 39.8. The number of ether oxygens (including phenoxy) is 1. The predicted octanol–water partition coefficient (Wildman–Crippen LogP) is 5.18. The molecule has 1 heterocycles. The number of aliphatic carboxylic acids is 3. The van der Waals surface area contributed by atoms with Crippen LogP contribution in [0, 0.1) is 0 Å². The van der Waals surface area contributed by atoms with E-state index >= 15 is 0 Å². The molecule has 0 saturated carbocycles. The summed E-state index contributed by atoms with van der Waals surface area (Å²) in [5.74, 6) is -4.83. The SMILES string of the molecule is CCCCCCCCCCCCCCCCCC(=O)NC1COCCN1CCC.O=C(O)CC(O)(CC(=O)O)C(=O)O. The Kier molecular flexibility index (Phi) is 23.9. The van der Waals surface area contributed by atoms with Gasteiger partial charge < -0.3 is 30.5 Å². The van der Waals surface area contributed by atoms with Crippen LogP contribution in [0.3, 0.4) is 0 Å². The summed E-state index contributed by atoms with van der Waals surface area (Å²) in [7, 11) is 0. The number of carboxylic acids is 3. The van der Waals surface area contributed by atoms with Crippen LogP contribution in [-0.4, -0.2) is 87.2 Å². The van der Waals surface area contributed by atoms with Gasteiger partial charge in [0.05, 0.1) is 26.1 Å². The summed E-state index contributed by atoms with van der Waals surface area (Å²) in [5.41, 5.74) is -2.74. The summed E-state index contributed by atoms with van der Waals surface area (Å²) in [4.78, 5) is 45.0. The van der Waals surface area contributed by atoms with Crippen molar-refractivity contribution < 1.29 is 44.3 Å². The highest BCUT2D eigenvalue weighted by Gasteiger charge is 2.40. The molecule has 1 rings (SSSR count). The molecular formula is C31H58N2O9. The molecule has 0 spiro atoms. The van der Waals surface area contributed by atoms with Gasteiger partial charge in [-0.15, -0.1) is 0 Å². The normalized spacial score (nSPS) is 15.5. The Bertz CT molecular complexity index is 730. The topological polar surface area (TPSA) is 174 Å². The number of nitrogens with zero attached hydrogens (tertiary/aromatic N) is 1. The van der Waals surface area contributed by atoms with Gasteiger partial charge in [-0.1, -0.05) is 104 Å². The Labute approximate surface area is 252 Å². The molecule has 1 aliphatic heterocycles. The number of amides is 1. The van der Waals surface area contributed by atoms with E-state index in [0.29, 0.717) is 13.0 Å². The van der Waals surface area contributed by atoms with E-state index in [0.717, 1.165) is 32.5 Å². The number of hydrogen-bond acceptors (Lipinski definition) is 7. The minimum Gasteiger partial charge on any atom is -0.481 e. The van der Waals surface area contributed by atoms with Crippen LogP contribution in [0.5, 0.6) is 0 Å². The van der Waals surface area contributed by atoms with Crippen LogP contribution in [0.15, 0.2) is 0 Å². The van der Waals surface area contributed by atoms with Gasteiger partial charge in [0.1, 0.15) is 6.17 Å². The zero-order chi connectivity index (χ0) is 31.6. The Morgan fingerprint density at radius 1 is 0.738 bits per heavy atom. The summed E-state index contributed by atoms with van der Waals surface area (Å²) in [5, 5.41) is 37.0. The Hall–Kier alpha value is -2.24. The quantitative estimate of drug-likeness (QED) is 0.0926. The molecule has 1 fully saturated rings. The number of nitrogens with one attached hydrogen (secondary N) is 1. The summed E-state index contributed by atoms with van der Waals surface area (Å²) in [6, 6.07) is 0. The number of aliphatic hydroxyl groups is 1. The second-order valence-electron chi connectivity index (χ2n) is 11.4. The third-order valence-corrected chi connectivity index (χ3v) is 7.37. The number of hydrogen-bond donors (Lipinski definition) is 5. The van der Waals surface area contributed by atoms with Crippen molar-refractivity contribution >= 4 is 23.8 Å². The summed E-state index contributed by atoms with van der Waals surface area (Å²) in [6.45, 7) is 7.84. The van der Waals surface area contributed by atoms with Crippen LogP contribution in [0.1, 0.15) is 136 Å². The molecule has 1 atom stereocenters. The van der Waals surface area contributed by atoms with E-state index in [1.807, 2.05) is 0 Å². The number of carboxylic acid groups (broad SMARTS) is 3. The molecule has 0 radical (unpaired) electrons. The van der Waals surface area contributed by atoms with Crippen LogP contribution < -0.4 is 5.32 Å². The number of carbonyl (C=O) groups is 4. The molecule has 0 aromatic rings. The maximum absolute atomic E-state index is 12.2. The molecule has 246 valence electrons. The molecule has 0 aliphatic carbocycles. The van der Waals surface area contributed by atoms with Gasteiger partial charge in [0.25, 0.3) is 0 Å². The Morgan fingerprint density at radius 3 is 1.60 bits per heavy atom. The van der Waals surface area contributed by atoms with Crippen LogP contribution in [0.25, 0.3) is 0 Å². The molecule has 5 N–H and O–H groups in total. The standard InChI is InChI=1S/C25H50N2O2.C6H8O7/c1-3-5-6-7-8-9-10-11-12-13-14-15-16-17-18-19-25(28)26-24-23-29-22-21-27(24)20-4-2;7-3(8)1-6(13,5(11)12)2-4(9)10/h24H,3-23H2,1-2H3,(H,26,28);13H,1-2H2,(H,7,8)(H,9,10)(H,11,12). The van der Waals surface area contributed by atoms with Gasteiger partial charge in [0.15, 0.2) is 5.60 Å². The Morgan fingerprint density at radius 2 is 1.19 bits per heavy atom. The molecule has 11 heteroatoms. The molecular weight excluding hydrogens is 544 g/mol. The van der Waals surface area contributed by atoms with Crippen molar-refractivity contribution in [3.63, 3.8) is 0 Å². The van der Waals surface area contributed by atoms with Gasteiger partial charge in [-0.05, 0) is 19.4 Å². The maximum atomic E-state index is 12.2. The molecule has 11 nitrogen and oxygen atoms in total. The molecule has 0 aromatic carbocycles. The molecule has 0 aromatic heterocycles. The van der Waals surface area contributed by atoms with Gasteiger partial charge in [0.2, 0.25) is 5.91 Å². The molecule has 1 amide bonds. The highest BCUT2D eigenvalue weighted by Crippen LogP contribution is 2.16. The van der Waals surface area contributed by atoms with Crippen molar-refractivity contribution in [3.8, 4) is 0 Å². The van der Waals surface area contributed by atoms with Crippen molar-refractivity contribution in [3.05, 3.63) is 0 Å². The van der Waals surface area contributed by atoms with Crippen molar-refractivity contribution in [2.24, 2.45) is 0 Å². The number of unbranched alkanes of at least 4 members (excludes halogenated alkanes) is 14.